The molecule has 3 aliphatic rings. The Morgan fingerprint density at radius 2 is 1.41 bits per heavy atom. The van der Waals surface area contributed by atoms with Crippen LogP contribution >= 0.6 is 0 Å². The summed E-state index contributed by atoms with van der Waals surface area (Å²) in [6, 6.07) is 2.26. The van der Waals surface area contributed by atoms with Gasteiger partial charge in [-0.3, -0.25) is 9.59 Å². The van der Waals surface area contributed by atoms with Gasteiger partial charge in [-0.2, -0.15) is 10.4 Å². The minimum atomic E-state index is 0.0147. The summed E-state index contributed by atoms with van der Waals surface area (Å²) in [5.74, 6) is 1.37. The quantitative estimate of drug-likeness (QED) is 0.764. The number of amides is 2. The van der Waals surface area contributed by atoms with Gasteiger partial charge in [-0.1, -0.05) is 0 Å². The molecular formula is C21H28N6O2. The average Bonchev–Trinajstić information content (AvgIpc) is 3.60. The van der Waals surface area contributed by atoms with Crippen LogP contribution in [0.1, 0.15) is 42.5 Å². The maximum atomic E-state index is 13.0. The number of rotatable bonds is 3. The zero-order valence-electron chi connectivity index (χ0n) is 17.2. The Morgan fingerprint density at radius 1 is 0.862 bits per heavy atom. The van der Waals surface area contributed by atoms with Gasteiger partial charge in [0.25, 0.3) is 0 Å². The van der Waals surface area contributed by atoms with Crippen LogP contribution in [0, 0.1) is 37.0 Å². The molecule has 1 aliphatic carbocycles. The molecule has 3 heterocycles. The van der Waals surface area contributed by atoms with E-state index in [0.717, 1.165) is 36.9 Å². The monoisotopic (exact) mass is 396 g/mol. The van der Waals surface area contributed by atoms with Crippen molar-refractivity contribution in [3.63, 3.8) is 0 Å². The van der Waals surface area contributed by atoms with Crippen molar-refractivity contribution in [3.05, 3.63) is 16.8 Å². The van der Waals surface area contributed by atoms with Gasteiger partial charge in [-0.25, -0.2) is 0 Å². The number of nitrogens with zero attached hydrogens (tertiary/aromatic N) is 6. The molecule has 0 bridgehead atoms. The summed E-state index contributed by atoms with van der Waals surface area (Å²) in [5.41, 5.74) is 2.21. The molecule has 0 unspecified atom stereocenters. The Morgan fingerprint density at radius 3 is 1.97 bits per heavy atom. The first-order valence-corrected chi connectivity index (χ1v) is 10.6. The number of carbonyl (C=O) groups is 2. The van der Waals surface area contributed by atoms with Crippen molar-refractivity contribution < 1.29 is 9.59 Å². The Labute approximate surface area is 171 Å². The van der Waals surface area contributed by atoms with Crippen molar-refractivity contribution in [1.29, 1.82) is 5.26 Å². The van der Waals surface area contributed by atoms with E-state index in [-0.39, 0.29) is 23.7 Å². The van der Waals surface area contributed by atoms with Crippen LogP contribution in [0.4, 0.5) is 5.82 Å². The molecule has 154 valence electrons. The Kier molecular flexibility index (Phi) is 5.39. The second-order valence-corrected chi connectivity index (χ2v) is 8.41. The lowest BCUT2D eigenvalue weighted by Gasteiger charge is -2.39. The average molecular weight is 396 g/mol. The molecular weight excluding hydrogens is 368 g/mol. The van der Waals surface area contributed by atoms with Gasteiger partial charge in [0.1, 0.15) is 11.6 Å². The van der Waals surface area contributed by atoms with E-state index in [1.165, 1.54) is 0 Å². The summed E-state index contributed by atoms with van der Waals surface area (Å²) in [4.78, 5) is 31.1. The molecule has 1 saturated carbocycles. The van der Waals surface area contributed by atoms with Gasteiger partial charge >= 0.3 is 0 Å². The fourth-order valence-electron chi connectivity index (χ4n) is 4.28. The maximum absolute atomic E-state index is 13.0. The third kappa shape index (κ3) is 3.91. The summed E-state index contributed by atoms with van der Waals surface area (Å²) in [6.07, 6.45) is 3.58. The lowest BCUT2D eigenvalue weighted by Crippen LogP contribution is -2.52. The molecule has 3 fully saturated rings. The minimum Gasteiger partial charge on any atom is -0.350 e. The third-order valence-corrected chi connectivity index (χ3v) is 6.52. The lowest BCUT2D eigenvalue weighted by molar-refractivity contribution is -0.141. The second-order valence-electron chi connectivity index (χ2n) is 8.41. The number of hydrogen-bond donors (Lipinski definition) is 0. The molecule has 4 rings (SSSR count). The normalized spacial score (nSPS) is 20.5. The molecule has 2 amide bonds. The molecule has 0 spiro atoms. The molecule has 8 heteroatoms. The zero-order chi connectivity index (χ0) is 20.5. The molecule has 0 atom stereocenters. The molecule has 8 nitrogen and oxygen atoms in total. The minimum absolute atomic E-state index is 0.0147. The molecule has 1 aromatic rings. The van der Waals surface area contributed by atoms with E-state index >= 15 is 0 Å². The van der Waals surface area contributed by atoms with Crippen LogP contribution in [0.2, 0.25) is 0 Å². The predicted octanol–water partition coefficient (Wildman–Crippen LogP) is 1.26. The van der Waals surface area contributed by atoms with Crippen LogP contribution < -0.4 is 4.90 Å². The van der Waals surface area contributed by atoms with Crippen molar-refractivity contribution >= 4 is 17.6 Å². The lowest BCUT2D eigenvalue weighted by atomic mass is 9.94. The highest BCUT2D eigenvalue weighted by Gasteiger charge is 2.37. The molecule has 2 saturated heterocycles. The van der Waals surface area contributed by atoms with E-state index in [2.05, 4.69) is 21.2 Å². The van der Waals surface area contributed by atoms with E-state index in [0.29, 0.717) is 50.6 Å². The first-order valence-electron chi connectivity index (χ1n) is 10.6. The number of piperidine rings is 1. The number of hydrogen-bond acceptors (Lipinski definition) is 6. The van der Waals surface area contributed by atoms with Gasteiger partial charge in [-0.15, -0.1) is 5.10 Å². The first-order chi connectivity index (χ1) is 14.0. The number of likely N-dealkylation sites (tertiary alicyclic amines) is 1. The molecule has 1 aromatic heterocycles. The SMILES string of the molecule is Cc1nnc(N2CCN(C(=O)C3CCN(C(=O)C4CC4)CC3)CC2)c(C#N)c1C. The fourth-order valence-corrected chi connectivity index (χ4v) is 4.28. The van der Waals surface area contributed by atoms with Gasteiger partial charge in [0.05, 0.1) is 5.69 Å². The van der Waals surface area contributed by atoms with E-state index in [4.69, 9.17) is 0 Å². The van der Waals surface area contributed by atoms with E-state index in [1.54, 1.807) is 0 Å². The topological polar surface area (TPSA) is 93.4 Å². The largest absolute Gasteiger partial charge is 0.350 e. The Bertz CT molecular complexity index is 843. The van der Waals surface area contributed by atoms with Crippen LogP contribution in [0.25, 0.3) is 0 Å². The third-order valence-electron chi connectivity index (χ3n) is 6.52. The van der Waals surface area contributed by atoms with Gasteiger partial charge in [0.2, 0.25) is 11.8 Å². The van der Waals surface area contributed by atoms with Crippen molar-refractivity contribution in [2.24, 2.45) is 11.8 Å². The molecule has 0 N–H and O–H groups in total. The number of aromatic nitrogens is 2. The van der Waals surface area contributed by atoms with Crippen LogP contribution in [-0.4, -0.2) is 71.1 Å². The maximum Gasteiger partial charge on any atom is 0.225 e. The fraction of sp³-hybridized carbons (Fsp3) is 0.667. The van der Waals surface area contributed by atoms with Gasteiger partial charge in [0.15, 0.2) is 5.82 Å². The zero-order valence-corrected chi connectivity index (χ0v) is 17.2. The van der Waals surface area contributed by atoms with Crippen molar-refractivity contribution in [3.8, 4) is 6.07 Å². The summed E-state index contributed by atoms with van der Waals surface area (Å²) in [5, 5.41) is 17.9. The Hall–Kier alpha value is -2.69. The summed E-state index contributed by atoms with van der Waals surface area (Å²) in [6.45, 7) is 7.70. The smallest absolute Gasteiger partial charge is 0.225 e. The number of nitriles is 1. The van der Waals surface area contributed by atoms with E-state index < -0.39 is 0 Å². The van der Waals surface area contributed by atoms with Crippen molar-refractivity contribution in [2.75, 3.05) is 44.2 Å². The summed E-state index contributed by atoms with van der Waals surface area (Å²) < 4.78 is 0. The summed E-state index contributed by atoms with van der Waals surface area (Å²) in [7, 11) is 0. The number of carbonyl (C=O) groups excluding carboxylic acids is 2. The number of piperazine rings is 1. The van der Waals surface area contributed by atoms with Gasteiger partial charge in [0, 0.05) is 51.1 Å². The standard InChI is InChI=1S/C21H28N6O2/c1-14-15(2)23-24-19(18(14)13-22)25-9-11-27(12-10-25)21(29)17-5-7-26(8-6-17)20(28)16-3-4-16/h16-17H,3-12H2,1-2H3. The number of anilines is 1. The van der Waals surface area contributed by atoms with E-state index in [1.807, 2.05) is 23.6 Å². The molecule has 29 heavy (non-hydrogen) atoms. The van der Waals surface area contributed by atoms with Crippen LogP contribution in [0.5, 0.6) is 0 Å². The molecule has 0 aromatic carbocycles. The first kappa shape index (κ1) is 19.6. The van der Waals surface area contributed by atoms with Crippen molar-refractivity contribution in [2.45, 2.75) is 39.5 Å². The van der Waals surface area contributed by atoms with Crippen LogP contribution in [0.15, 0.2) is 0 Å². The van der Waals surface area contributed by atoms with Crippen LogP contribution in [0.3, 0.4) is 0 Å². The van der Waals surface area contributed by atoms with Crippen molar-refractivity contribution in [1.82, 2.24) is 20.0 Å². The van der Waals surface area contributed by atoms with Gasteiger partial charge in [-0.05, 0) is 45.1 Å². The second kappa shape index (κ2) is 7.97. The van der Waals surface area contributed by atoms with E-state index in [9.17, 15) is 14.9 Å². The molecule has 2 aliphatic heterocycles. The highest BCUT2D eigenvalue weighted by Crippen LogP contribution is 2.33. The predicted molar refractivity (Wildman–Crippen MR) is 107 cm³/mol. The Balaban J connectivity index is 1.32. The highest BCUT2D eigenvalue weighted by molar-refractivity contribution is 5.82. The van der Waals surface area contributed by atoms with Crippen LogP contribution in [-0.2, 0) is 9.59 Å². The number of aryl methyl sites for hydroxylation is 1. The van der Waals surface area contributed by atoms with Gasteiger partial charge < -0.3 is 14.7 Å². The summed E-state index contributed by atoms with van der Waals surface area (Å²) >= 11 is 0. The highest BCUT2D eigenvalue weighted by atomic mass is 16.2. The molecule has 0 radical (unpaired) electrons.